The molecule has 0 aromatic heterocycles. The van der Waals surface area contributed by atoms with Gasteiger partial charge in [-0.1, -0.05) is 24.3 Å². The lowest BCUT2D eigenvalue weighted by Crippen LogP contribution is -2.17. The summed E-state index contributed by atoms with van der Waals surface area (Å²) in [6, 6.07) is 10.4. The van der Waals surface area contributed by atoms with Crippen molar-refractivity contribution >= 4 is 29.4 Å². The highest BCUT2D eigenvalue weighted by molar-refractivity contribution is 6.30. The molecule has 7 nitrogen and oxygen atoms in total. The van der Waals surface area contributed by atoms with Crippen molar-refractivity contribution in [3.8, 4) is 5.75 Å². The Hall–Kier alpha value is -3.19. The predicted molar refractivity (Wildman–Crippen MR) is 95.3 cm³/mol. The Morgan fingerprint density at radius 3 is 2.68 bits per heavy atom. The van der Waals surface area contributed by atoms with Gasteiger partial charge in [0, 0.05) is 28.3 Å². The van der Waals surface area contributed by atoms with Crippen molar-refractivity contribution in [2.45, 2.75) is 0 Å². The van der Waals surface area contributed by atoms with Gasteiger partial charge in [-0.15, -0.1) is 0 Å². The highest BCUT2D eigenvalue weighted by Crippen LogP contribution is 2.22. The summed E-state index contributed by atoms with van der Waals surface area (Å²) in [5.74, 6) is -0.0538. The van der Waals surface area contributed by atoms with Crippen molar-refractivity contribution in [1.82, 2.24) is 5.43 Å². The Kier molecular flexibility index (Phi) is 6.25. The molecule has 0 aliphatic carbocycles. The molecule has 0 saturated carbocycles. The van der Waals surface area contributed by atoms with Crippen LogP contribution < -0.4 is 10.2 Å². The number of hydrogen-bond acceptors (Lipinski definition) is 5. The fraction of sp³-hybridized carbons (Fsp3) is 0.0588. The first-order valence-corrected chi connectivity index (χ1v) is 7.50. The van der Waals surface area contributed by atoms with Crippen LogP contribution in [0.4, 0.5) is 5.69 Å². The fourth-order valence-electron chi connectivity index (χ4n) is 1.86. The van der Waals surface area contributed by atoms with Gasteiger partial charge in [-0.3, -0.25) is 14.9 Å². The van der Waals surface area contributed by atoms with Gasteiger partial charge in [-0.05, 0) is 30.3 Å². The van der Waals surface area contributed by atoms with Crippen molar-refractivity contribution < 1.29 is 14.5 Å². The zero-order valence-electron chi connectivity index (χ0n) is 13.0. The zero-order chi connectivity index (χ0) is 18.2. The summed E-state index contributed by atoms with van der Waals surface area (Å²) >= 11 is 5.76. The molecular formula is C17H14ClN3O4. The number of nitro groups is 1. The van der Waals surface area contributed by atoms with Gasteiger partial charge < -0.3 is 4.74 Å². The quantitative estimate of drug-likeness (QED) is 0.354. The van der Waals surface area contributed by atoms with E-state index < -0.39 is 10.8 Å². The minimum absolute atomic E-state index is 0.114. The number of hydrogen-bond donors (Lipinski definition) is 1. The average Bonchev–Trinajstić information content (AvgIpc) is 2.60. The van der Waals surface area contributed by atoms with E-state index in [0.717, 1.165) is 0 Å². The number of nitrogens with zero attached hydrogens (tertiary/aromatic N) is 2. The molecule has 2 aromatic carbocycles. The number of carbonyl (C=O) groups is 1. The number of non-ortho nitro benzene ring substituents is 1. The number of ether oxygens (including phenoxy) is 1. The Labute approximate surface area is 148 Å². The summed E-state index contributed by atoms with van der Waals surface area (Å²) < 4.78 is 5.42. The Bertz CT molecular complexity index is 819. The lowest BCUT2D eigenvalue weighted by atomic mass is 10.2. The molecule has 0 atom stereocenters. The van der Waals surface area contributed by atoms with Crippen LogP contribution in [0.15, 0.2) is 60.2 Å². The largest absolute Gasteiger partial charge is 0.489 e. The van der Waals surface area contributed by atoms with Crippen LogP contribution in [-0.2, 0) is 0 Å². The van der Waals surface area contributed by atoms with E-state index in [2.05, 4.69) is 17.1 Å². The van der Waals surface area contributed by atoms with E-state index in [1.807, 2.05) is 0 Å². The van der Waals surface area contributed by atoms with Gasteiger partial charge in [0.05, 0.1) is 11.1 Å². The minimum atomic E-state index is -0.527. The molecule has 2 rings (SSSR count). The third-order valence-electron chi connectivity index (χ3n) is 3.04. The maximum atomic E-state index is 12.0. The molecule has 0 fully saturated rings. The van der Waals surface area contributed by atoms with Crippen LogP contribution in [0.3, 0.4) is 0 Å². The van der Waals surface area contributed by atoms with Crippen LogP contribution >= 0.6 is 11.6 Å². The van der Waals surface area contributed by atoms with Crippen molar-refractivity contribution in [3.63, 3.8) is 0 Å². The maximum absolute atomic E-state index is 12.0. The molecular weight excluding hydrogens is 346 g/mol. The van der Waals surface area contributed by atoms with Crippen LogP contribution in [0.5, 0.6) is 5.75 Å². The number of carbonyl (C=O) groups excluding carboxylic acids is 1. The minimum Gasteiger partial charge on any atom is -0.489 e. The smallest absolute Gasteiger partial charge is 0.271 e. The normalized spacial score (nSPS) is 10.4. The second-order valence-corrected chi connectivity index (χ2v) is 5.22. The average molecular weight is 360 g/mol. The number of amides is 1. The maximum Gasteiger partial charge on any atom is 0.271 e. The number of halogens is 1. The second kappa shape index (κ2) is 8.60. The first-order chi connectivity index (χ1) is 12.0. The molecule has 128 valence electrons. The van der Waals surface area contributed by atoms with Crippen LogP contribution in [0.2, 0.25) is 5.02 Å². The molecule has 1 N–H and O–H groups in total. The predicted octanol–water partition coefficient (Wildman–Crippen LogP) is 3.58. The Balaban J connectivity index is 2.15. The SMILES string of the molecule is C=CCOc1ccc([N+](=O)[O-])cc1/C=N\NC(=O)c1ccc(Cl)cc1. The summed E-state index contributed by atoms with van der Waals surface area (Å²) in [6.45, 7) is 3.77. The molecule has 8 heteroatoms. The highest BCUT2D eigenvalue weighted by atomic mass is 35.5. The van der Waals surface area contributed by atoms with Crippen LogP contribution in [-0.4, -0.2) is 23.7 Å². The molecule has 0 aliphatic heterocycles. The van der Waals surface area contributed by atoms with Gasteiger partial charge in [-0.2, -0.15) is 5.10 Å². The molecule has 2 aromatic rings. The van der Waals surface area contributed by atoms with E-state index in [9.17, 15) is 14.9 Å². The third kappa shape index (κ3) is 5.15. The number of nitro benzene ring substituents is 1. The number of nitrogens with one attached hydrogen (secondary N) is 1. The van der Waals surface area contributed by atoms with Crippen LogP contribution in [0.1, 0.15) is 15.9 Å². The van der Waals surface area contributed by atoms with Crippen LogP contribution in [0.25, 0.3) is 0 Å². The molecule has 0 saturated heterocycles. The lowest BCUT2D eigenvalue weighted by Gasteiger charge is -2.06. The van der Waals surface area contributed by atoms with Crippen molar-refractivity contribution in [2.75, 3.05) is 6.61 Å². The summed E-state index contributed by atoms with van der Waals surface area (Å²) in [5.41, 5.74) is 2.96. The number of benzene rings is 2. The van der Waals surface area contributed by atoms with E-state index >= 15 is 0 Å². The van der Waals surface area contributed by atoms with E-state index in [4.69, 9.17) is 16.3 Å². The van der Waals surface area contributed by atoms with E-state index in [-0.39, 0.29) is 12.3 Å². The first-order valence-electron chi connectivity index (χ1n) is 7.12. The van der Waals surface area contributed by atoms with Gasteiger partial charge in [0.1, 0.15) is 12.4 Å². The second-order valence-electron chi connectivity index (χ2n) is 4.78. The zero-order valence-corrected chi connectivity index (χ0v) is 13.8. The standard InChI is InChI=1S/C17H14ClN3O4/c1-2-9-25-16-8-7-15(21(23)24)10-13(16)11-19-20-17(22)12-3-5-14(18)6-4-12/h2-8,10-11H,1,9H2,(H,20,22)/b19-11-. The Morgan fingerprint density at radius 1 is 1.32 bits per heavy atom. The van der Waals surface area contributed by atoms with E-state index in [1.165, 1.54) is 24.4 Å². The summed E-state index contributed by atoms with van der Waals surface area (Å²) in [7, 11) is 0. The van der Waals surface area contributed by atoms with Gasteiger partial charge >= 0.3 is 0 Å². The molecule has 0 radical (unpaired) electrons. The van der Waals surface area contributed by atoms with Gasteiger partial charge in [0.2, 0.25) is 0 Å². The number of hydrazone groups is 1. The van der Waals surface area contributed by atoms with Crippen molar-refractivity contribution in [2.24, 2.45) is 5.10 Å². The van der Waals surface area contributed by atoms with E-state index in [1.54, 1.807) is 30.3 Å². The first kappa shape index (κ1) is 18.2. The fourth-order valence-corrected chi connectivity index (χ4v) is 1.98. The number of rotatable bonds is 7. The molecule has 25 heavy (non-hydrogen) atoms. The highest BCUT2D eigenvalue weighted by Gasteiger charge is 2.11. The van der Waals surface area contributed by atoms with Crippen molar-refractivity contribution in [3.05, 3.63) is 81.4 Å². The third-order valence-corrected chi connectivity index (χ3v) is 3.29. The summed E-state index contributed by atoms with van der Waals surface area (Å²) in [6.07, 6.45) is 2.82. The summed E-state index contributed by atoms with van der Waals surface area (Å²) in [5, 5.41) is 15.2. The monoisotopic (exact) mass is 359 g/mol. The summed E-state index contributed by atoms with van der Waals surface area (Å²) in [4.78, 5) is 22.3. The topological polar surface area (TPSA) is 93.8 Å². The molecule has 0 aliphatic rings. The van der Waals surface area contributed by atoms with Crippen molar-refractivity contribution in [1.29, 1.82) is 0 Å². The molecule has 1 amide bonds. The Morgan fingerprint density at radius 2 is 2.04 bits per heavy atom. The van der Waals surface area contributed by atoms with Crippen LogP contribution in [0, 0.1) is 10.1 Å². The van der Waals surface area contributed by atoms with Gasteiger partial charge in [0.25, 0.3) is 11.6 Å². The van der Waals surface area contributed by atoms with Gasteiger partial charge in [0.15, 0.2) is 0 Å². The molecule has 0 heterocycles. The van der Waals surface area contributed by atoms with E-state index in [0.29, 0.717) is 21.9 Å². The lowest BCUT2D eigenvalue weighted by molar-refractivity contribution is -0.384. The molecule has 0 unspecified atom stereocenters. The molecule has 0 bridgehead atoms. The molecule has 0 spiro atoms. The van der Waals surface area contributed by atoms with Gasteiger partial charge in [-0.25, -0.2) is 5.43 Å².